The van der Waals surface area contributed by atoms with Gasteiger partial charge < -0.3 is 9.84 Å². The number of carbonyl (C=O) groups is 1. The molecule has 0 fully saturated rings. The van der Waals surface area contributed by atoms with Gasteiger partial charge in [0.05, 0.1) is 7.11 Å². The van der Waals surface area contributed by atoms with Gasteiger partial charge in [-0.15, -0.1) is 0 Å². The molecule has 0 heterocycles. The maximum atomic E-state index is 10.8. The molecule has 16 heavy (non-hydrogen) atoms. The van der Waals surface area contributed by atoms with E-state index in [1.165, 1.54) is 25.3 Å². The lowest BCUT2D eigenvalue weighted by molar-refractivity contribution is -0.109. The van der Waals surface area contributed by atoms with Crippen LogP contribution in [0.15, 0.2) is 18.2 Å². The van der Waals surface area contributed by atoms with Gasteiger partial charge >= 0.3 is 0 Å². The molecule has 82 valence electrons. The zero-order valence-electron chi connectivity index (χ0n) is 9.02. The molecule has 0 aliphatic heterocycles. The largest absolute Gasteiger partial charge is 0.504 e. The lowest BCUT2D eigenvalue weighted by Gasteiger charge is -2.07. The number of aryl methyl sites for hydroxylation is 1. The average Bonchev–Trinajstić information content (AvgIpc) is 2.29. The maximum absolute atomic E-state index is 10.8. The van der Waals surface area contributed by atoms with Crippen molar-refractivity contribution in [3.63, 3.8) is 0 Å². The van der Waals surface area contributed by atoms with Crippen molar-refractivity contribution in [2.24, 2.45) is 0 Å². The van der Waals surface area contributed by atoms with E-state index in [0.717, 1.165) is 0 Å². The normalized spacial score (nSPS) is 10.1. The number of hydrogen-bond acceptors (Lipinski definition) is 4. The van der Waals surface area contributed by atoms with Crippen molar-refractivity contribution >= 4 is 11.9 Å². The van der Waals surface area contributed by atoms with Crippen LogP contribution in [0.1, 0.15) is 11.1 Å². The first-order valence-corrected chi connectivity index (χ1v) is 4.58. The molecule has 4 heteroatoms. The van der Waals surface area contributed by atoms with Crippen LogP contribution >= 0.6 is 0 Å². The topological polar surface area (TPSA) is 70.3 Å². The molecule has 0 saturated carbocycles. The Bertz CT molecular complexity index is 484. The van der Waals surface area contributed by atoms with E-state index in [1.807, 2.05) is 0 Å². The standard InChI is InChI=1S/C12H11NO3/c1-8-5-9(3-4-10(14)7-13)6-11(16-2)12(8)15/h3-6,15H,1-2H3/b4-3+. The molecule has 1 N–H and O–H groups in total. The van der Waals surface area contributed by atoms with E-state index in [9.17, 15) is 9.90 Å². The number of phenolic OH excluding ortho intramolecular Hbond substituents is 1. The van der Waals surface area contributed by atoms with Crippen molar-refractivity contribution in [3.8, 4) is 17.6 Å². The molecule has 1 aromatic carbocycles. The van der Waals surface area contributed by atoms with E-state index in [2.05, 4.69) is 0 Å². The third kappa shape index (κ3) is 2.61. The highest BCUT2D eigenvalue weighted by molar-refractivity contribution is 6.04. The molecule has 0 unspecified atom stereocenters. The second kappa shape index (κ2) is 4.99. The number of phenols is 1. The van der Waals surface area contributed by atoms with Crippen molar-refractivity contribution < 1.29 is 14.6 Å². The number of hydrogen-bond donors (Lipinski definition) is 1. The van der Waals surface area contributed by atoms with Crippen molar-refractivity contribution in [1.82, 2.24) is 0 Å². The number of aromatic hydroxyl groups is 1. The molecule has 1 aromatic rings. The summed E-state index contributed by atoms with van der Waals surface area (Å²) < 4.78 is 4.97. The number of nitriles is 1. The monoisotopic (exact) mass is 217 g/mol. The van der Waals surface area contributed by atoms with Crippen molar-refractivity contribution in [2.45, 2.75) is 6.92 Å². The van der Waals surface area contributed by atoms with Gasteiger partial charge in [0.1, 0.15) is 6.07 Å². The second-order valence-electron chi connectivity index (χ2n) is 3.20. The molecule has 0 atom stereocenters. The molecule has 0 spiro atoms. The fourth-order valence-corrected chi connectivity index (χ4v) is 1.24. The number of allylic oxidation sites excluding steroid dienone is 1. The van der Waals surface area contributed by atoms with Crippen LogP contribution in [-0.4, -0.2) is 18.0 Å². The lowest BCUT2D eigenvalue weighted by Crippen LogP contribution is -1.88. The fourth-order valence-electron chi connectivity index (χ4n) is 1.24. The summed E-state index contributed by atoms with van der Waals surface area (Å²) in [6, 6.07) is 4.76. The highest BCUT2D eigenvalue weighted by Crippen LogP contribution is 2.31. The Morgan fingerprint density at radius 2 is 2.25 bits per heavy atom. The third-order valence-corrected chi connectivity index (χ3v) is 2.05. The van der Waals surface area contributed by atoms with Gasteiger partial charge in [-0.2, -0.15) is 5.26 Å². The first kappa shape index (κ1) is 11.8. The Labute approximate surface area is 93.4 Å². The summed E-state index contributed by atoms with van der Waals surface area (Å²) in [5, 5.41) is 17.9. The molecule has 0 radical (unpaired) electrons. The highest BCUT2D eigenvalue weighted by Gasteiger charge is 2.05. The summed E-state index contributed by atoms with van der Waals surface area (Å²) in [5.41, 5.74) is 1.33. The summed E-state index contributed by atoms with van der Waals surface area (Å²) in [6.07, 6.45) is 2.67. The van der Waals surface area contributed by atoms with Crippen molar-refractivity contribution in [1.29, 1.82) is 5.26 Å². The summed E-state index contributed by atoms with van der Waals surface area (Å²) in [6.45, 7) is 1.72. The SMILES string of the molecule is COc1cc(/C=C/C(=O)C#N)cc(C)c1O. The quantitative estimate of drug-likeness (QED) is 0.619. The van der Waals surface area contributed by atoms with Crippen LogP contribution in [0.2, 0.25) is 0 Å². The molecule has 4 nitrogen and oxygen atoms in total. The second-order valence-corrected chi connectivity index (χ2v) is 3.20. The van der Waals surface area contributed by atoms with Crippen LogP contribution in [0.3, 0.4) is 0 Å². The lowest BCUT2D eigenvalue weighted by atomic mass is 10.1. The number of carbonyl (C=O) groups excluding carboxylic acids is 1. The van der Waals surface area contributed by atoms with Gasteiger partial charge in [-0.25, -0.2) is 0 Å². The molecular weight excluding hydrogens is 206 g/mol. The summed E-state index contributed by atoms with van der Waals surface area (Å²) in [5.74, 6) is -0.208. The molecule has 0 saturated heterocycles. The van der Waals surface area contributed by atoms with E-state index in [1.54, 1.807) is 19.1 Å². The Hall–Kier alpha value is -2.28. The van der Waals surface area contributed by atoms with Crippen LogP contribution < -0.4 is 4.74 Å². The Morgan fingerprint density at radius 3 is 2.81 bits per heavy atom. The number of ketones is 1. The molecule has 0 aromatic heterocycles. The van der Waals surface area contributed by atoms with E-state index < -0.39 is 5.78 Å². The zero-order chi connectivity index (χ0) is 12.1. The fraction of sp³-hybridized carbons (Fsp3) is 0.167. The van der Waals surface area contributed by atoms with E-state index >= 15 is 0 Å². The van der Waals surface area contributed by atoms with Crippen LogP contribution in [0.5, 0.6) is 11.5 Å². The van der Waals surface area contributed by atoms with Crippen LogP contribution in [0, 0.1) is 18.3 Å². The Morgan fingerprint density at radius 1 is 1.56 bits per heavy atom. The van der Waals surface area contributed by atoms with Gasteiger partial charge in [0.2, 0.25) is 0 Å². The molecule has 0 aliphatic carbocycles. The predicted molar refractivity (Wildman–Crippen MR) is 59.0 cm³/mol. The minimum atomic E-state index is -0.621. The first-order valence-electron chi connectivity index (χ1n) is 4.58. The third-order valence-electron chi connectivity index (χ3n) is 2.05. The first-order chi connectivity index (χ1) is 7.58. The zero-order valence-corrected chi connectivity index (χ0v) is 9.02. The highest BCUT2D eigenvalue weighted by atomic mass is 16.5. The van der Waals surface area contributed by atoms with E-state index in [-0.39, 0.29) is 5.75 Å². The average molecular weight is 217 g/mol. The van der Waals surface area contributed by atoms with Gasteiger partial charge in [0, 0.05) is 0 Å². The van der Waals surface area contributed by atoms with Crippen LogP contribution in [-0.2, 0) is 4.79 Å². The molecule has 0 bridgehead atoms. The predicted octanol–water partition coefficient (Wildman–Crippen LogP) is 1.82. The van der Waals surface area contributed by atoms with E-state index in [0.29, 0.717) is 16.9 Å². The number of rotatable bonds is 3. The Kier molecular flexibility index (Phi) is 3.67. The number of methoxy groups -OCH3 is 1. The Balaban J connectivity index is 3.08. The van der Waals surface area contributed by atoms with Gasteiger partial charge in [0.15, 0.2) is 11.5 Å². The maximum Gasteiger partial charge on any atom is 0.255 e. The number of ether oxygens (including phenoxy) is 1. The van der Waals surface area contributed by atoms with Gasteiger partial charge in [-0.3, -0.25) is 4.79 Å². The van der Waals surface area contributed by atoms with Crippen LogP contribution in [0.25, 0.3) is 6.08 Å². The van der Waals surface area contributed by atoms with E-state index in [4.69, 9.17) is 10.00 Å². The molecular formula is C12H11NO3. The van der Waals surface area contributed by atoms with Gasteiger partial charge in [0.25, 0.3) is 5.78 Å². The van der Waals surface area contributed by atoms with Crippen molar-refractivity contribution in [2.75, 3.05) is 7.11 Å². The number of benzene rings is 1. The van der Waals surface area contributed by atoms with Gasteiger partial charge in [-0.1, -0.05) is 6.08 Å². The minimum absolute atomic E-state index is 0.0752. The minimum Gasteiger partial charge on any atom is -0.504 e. The smallest absolute Gasteiger partial charge is 0.255 e. The number of nitrogens with zero attached hydrogens (tertiary/aromatic N) is 1. The molecule has 0 amide bonds. The van der Waals surface area contributed by atoms with Gasteiger partial charge in [-0.05, 0) is 36.3 Å². The van der Waals surface area contributed by atoms with Crippen LogP contribution in [0.4, 0.5) is 0 Å². The molecule has 0 aliphatic rings. The molecule has 1 rings (SSSR count). The summed E-state index contributed by atoms with van der Waals surface area (Å²) in [7, 11) is 1.45. The summed E-state index contributed by atoms with van der Waals surface area (Å²) in [4.78, 5) is 10.8. The van der Waals surface area contributed by atoms with Crippen molar-refractivity contribution in [3.05, 3.63) is 29.3 Å². The summed E-state index contributed by atoms with van der Waals surface area (Å²) >= 11 is 0.